The van der Waals surface area contributed by atoms with Crippen LogP contribution in [-0.4, -0.2) is 26.8 Å². The van der Waals surface area contributed by atoms with E-state index < -0.39 is 10.0 Å². The van der Waals surface area contributed by atoms with Crippen LogP contribution in [-0.2, 0) is 19.6 Å². The highest BCUT2D eigenvalue weighted by molar-refractivity contribution is 7.89. The molecule has 0 aliphatic carbocycles. The Morgan fingerprint density at radius 3 is 2.25 bits per heavy atom. The molecule has 0 radical (unpaired) electrons. The standard InChI is InChI=1S/C20H25N3O4S/c1-13-5-8-18(22-16(4)24)19(11-13)23-20(25)9-10-21-28(26,27)17-7-6-14(2)15(3)12-17/h5-8,11-12,21H,9-10H2,1-4H3,(H,22,24)(H,23,25). The van der Waals surface area contributed by atoms with E-state index in [9.17, 15) is 18.0 Å². The van der Waals surface area contributed by atoms with E-state index in [-0.39, 0.29) is 29.7 Å². The van der Waals surface area contributed by atoms with Crippen molar-refractivity contribution in [2.24, 2.45) is 0 Å². The van der Waals surface area contributed by atoms with Crippen LogP contribution in [0.4, 0.5) is 11.4 Å². The number of sulfonamides is 1. The maximum absolute atomic E-state index is 12.4. The molecule has 0 spiro atoms. The monoisotopic (exact) mass is 403 g/mol. The fraction of sp³-hybridized carbons (Fsp3) is 0.300. The Morgan fingerprint density at radius 2 is 1.61 bits per heavy atom. The zero-order valence-corrected chi connectivity index (χ0v) is 17.2. The molecule has 8 heteroatoms. The average molecular weight is 404 g/mol. The Bertz CT molecular complexity index is 1000. The summed E-state index contributed by atoms with van der Waals surface area (Å²) in [5.74, 6) is -0.611. The molecule has 2 aromatic rings. The van der Waals surface area contributed by atoms with Crippen LogP contribution in [0.1, 0.15) is 30.0 Å². The van der Waals surface area contributed by atoms with Gasteiger partial charge in [-0.2, -0.15) is 0 Å². The summed E-state index contributed by atoms with van der Waals surface area (Å²) in [7, 11) is -3.69. The first kappa shape index (κ1) is 21.6. The van der Waals surface area contributed by atoms with E-state index in [1.54, 1.807) is 24.3 Å². The van der Waals surface area contributed by atoms with Gasteiger partial charge in [0.05, 0.1) is 16.3 Å². The Morgan fingerprint density at radius 1 is 0.893 bits per heavy atom. The summed E-state index contributed by atoms with van der Waals surface area (Å²) < 4.78 is 27.2. The van der Waals surface area contributed by atoms with Gasteiger partial charge in [0.2, 0.25) is 21.8 Å². The third-order valence-corrected chi connectivity index (χ3v) is 5.65. The molecule has 0 unspecified atom stereocenters. The Kier molecular flexibility index (Phi) is 6.93. The molecule has 150 valence electrons. The molecule has 0 heterocycles. The van der Waals surface area contributed by atoms with Crippen molar-refractivity contribution < 1.29 is 18.0 Å². The molecule has 2 rings (SSSR count). The van der Waals surface area contributed by atoms with Crippen molar-refractivity contribution in [1.29, 1.82) is 0 Å². The number of amides is 2. The molecular weight excluding hydrogens is 378 g/mol. The summed E-state index contributed by atoms with van der Waals surface area (Å²) in [6.45, 7) is 6.96. The molecule has 0 atom stereocenters. The lowest BCUT2D eigenvalue weighted by molar-refractivity contribution is -0.116. The molecule has 7 nitrogen and oxygen atoms in total. The van der Waals surface area contributed by atoms with Gasteiger partial charge < -0.3 is 10.6 Å². The highest BCUT2D eigenvalue weighted by atomic mass is 32.2. The van der Waals surface area contributed by atoms with Gasteiger partial charge in [-0.3, -0.25) is 9.59 Å². The summed E-state index contributed by atoms with van der Waals surface area (Å²) in [6, 6.07) is 10.1. The zero-order valence-electron chi connectivity index (χ0n) is 16.4. The summed E-state index contributed by atoms with van der Waals surface area (Å²) in [6.07, 6.45) is -0.0441. The number of benzene rings is 2. The Hall–Kier alpha value is -2.71. The molecule has 0 aliphatic heterocycles. The molecule has 2 aromatic carbocycles. The van der Waals surface area contributed by atoms with Gasteiger partial charge in [-0.25, -0.2) is 13.1 Å². The van der Waals surface area contributed by atoms with Crippen molar-refractivity contribution in [2.75, 3.05) is 17.2 Å². The Balaban J connectivity index is 1.98. The third-order valence-electron chi connectivity index (χ3n) is 4.19. The second kappa shape index (κ2) is 8.99. The van der Waals surface area contributed by atoms with Crippen LogP contribution in [0.5, 0.6) is 0 Å². The lowest BCUT2D eigenvalue weighted by Gasteiger charge is -2.13. The second-order valence-corrected chi connectivity index (χ2v) is 8.44. The largest absolute Gasteiger partial charge is 0.325 e. The van der Waals surface area contributed by atoms with Gasteiger partial charge in [-0.15, -0.1) is 0 Å². The smallest absolute Gasteiger partial charge is 0.240 e. The number of hydrogen-bond donors (Lipinski definition) is 3. The summed E-state index contributed by atoms with van der Waals surface area (Å²) in [4.78, 5) is 23.7. The van der Waals surface area contributed by atoms with Gasteiger partial charge in [0, 0.05) is 19.9 Å². The number of rotatable bonds is 7. The minimum Gasteiger partial charge on any atom is -0.325 e. The third kappa shape index (κ3) is 5.90. The van der Waals surface area contributed by atoms with Crippen LogP contribution in [0.2, 0.25) is 0 Å². The van der Waals surface area contributed by atoms with E-state index in [2.05, 4.69) is 15.4 Å². The molecule has 0 aromatic heterocycles. The van der Waals surface area contributed by atoms with Crippen molar-refractivity contribution in [2.45, 2.75) is 39.0 Å². The molecule has 28 heavy (non-hydrogen) atoms. The van der Waals surface area contributed by atoms with E-state index in [0.717, 1.165) is 16.7 Å². The van der Waals surface area contributed by atoms with Gasteiger partial charge in [-0.1, -0.05) is 12.1 Å². The molecule has 0 fully saturated rings. The number of hydrogen-bond acceptors (Lipinski definition) is 4. The number of carbonyl (C=O) groups excluding carboxylic acids is 2. The van der Waals surface area contributed by atoms with Crippen molar-refractivity contribution in [3.8, 4) is 0 Å². The van der Waals surface area contributed by atoms with E-state index in [1.807, 2.05) is 26.8 Å². The molecule has 0 bridgehead atoms. The van der Waals surface area contributed by atoms with Crippen molar-refractivity contribution in [3.05, 3.63) is 53.1 Å². The zero-order chi connectivity index (χ0) is 20.9. The maximum atomic E-state index is 12.4. The molecule has 3 N–H and O–H groups in total. The lowest BCUT2D eigenvalue weighted by atomic mass is 10.1. The van der Waals surface area contributed by atoms with Gasteiger partial charge in [0.25, 0.3) is 0 Å². The fourth-order valence-corrected chi connectivity index (χ4v) is 3.65. The fourth-order valence-electron chi connectivity index (χ4n) is 2.54. The summed E-state index contributed by atoms with van der Waals surface area (Å²) >= 11 is 0. The quantitative estimate of drug-likeness (QED) is 0.661. The van der Waals surface area contributed by atoms with Crippen molar-refractivity contribution in [1.82, 2.24) is 4.72 Å². The normalized spacial score (nSPS) is 11.1. The highest BCUT2D eigenvalue weighted by Crippen LogP contribution is 2.23. The summed E-state index contributed by atoms with van der Waals surface area (Å²) in [5, 5.41) is 5.36. The minimum atomic E-state index is -3.69. The summed E-state index contributed by atoms with van der Waals surface area (Å²) in [5.41, 5.74) is 3.76. The van der Waals surface area contributed by atoms with Crippen LogP contribution >= 0.6 is 0 Å². The predicted octanol–water partition coefficient (Wildman–Crippen LogP) is 2.88. The van der Waals surface area contributed by atoms with Crippen LogP contribution in [0, 0.1) is 20.8 Å². The van der Waals surface area contributed by atoms with Crippen LogP contribution < -0.4 is 15.4 Å². The number of anilines is 2. The van der Waals surface area contributed by atoms with Crippen molar-refractivity contribution in [3.63, 3.8) is 0 Å². The highest BCUT2D eigenvalue weighted by Gasteiger charge is 2.15. The first-order valence-electron chi connectivity index (χ1n) is 8.83. The average Bonchev–Trinajstić information content (AvgIpc) is 2.59. The molecule has 0 saturated carbocycles. The van der Waals surface area contributed by atoms with Gasteiger partial charge in [0.15, 0.2) is 0 Å². The van der Waals surface area contributed by atoms with Crippen LogP contribution in [0.25, 0.3) is 0 Å². The van der Waals surface area contributed by atoms with Crippen molar-refractivity contribution >= 4 is 33.2 Å². The Labute approximate surface area is 165 Å². The predicted molar refractivity (Wildman–Crippen MR) is 110 cm³/mol. The van der Waals surface area contributed by atoms with E-state index in [0.29, 0.717) is 11.4 Å². The van der Waals surface area contributed by atoms with Gasteiger partial charge in [-0.05, 0) is 61.7 Å². The van der Waals surface area contributed by atoms with Crippen LogP contribution in [0.3, 0.4) is 0 Å². The SMILES string of the molecule is CC(=O)Nc1ccc(C)cc1NC(=O)CCNS(=O)(=O)c1ccc(C)c(C)c1. The number of nitrogens with one attached hydrogen (secondary N) is 3. The molecule has 0 saturated heterocycles. The lowest BCUT2D eigenvalue weighted by Crippen LogP contribution is -2.28. The molecular formula is C20H25N3O4S. The van der Waals surface area contributed by atoms with Gasteiger partial charge in [0.1, 0.15) is 0 Å². The number of aryl methyl sites for hydroxylation is 3. The van der Waals surface area contributed by atoms with E-state index in [1.165, 1.54) is 13.0 Å². The van der Waals surface area contributed by atoms with E-state index in [4.69, 9.17) is 0 Å². The number of carbonyl (C=O) groups is 2. The van der Waals surface area contributed by atoms with Gasteiger partial charge >= 0.3 is 0 Å². The minimum absolute atomic E-state index is 0.0393. The first-order valence-corrected chi connectivity index (χ1v) is 10.3. The molecule has 2 amide bonds. The maximum Gasteiger partial charge on any atom is 0.240 e. The first-order chi connectivity index (χ1) is 13.1. The van der Waals surface area contributed by atoms with E-state index >= 15 is 0 Å². The topological polar surface area (TPSA) is 104 Å². The molecule has 0 aliphatic rings. The second-order valence-electron chi connectivity index (χ2n) is 6.67. The van der Waals surface area contributed by atoms with Crippen LogP contribution in [0.15, 0.2) is 41.3 Å².